The highest BCUT2D eigenvalue weighted by atomic mass is 35.5. The third-order valence-electron chi connectivity index (χ3n) is 3.11. The Balaban J connectivity index is 2.71. The number of aromatic nitrogens is 2. The Morgan fingerprint density at radius 3 is 2.53 bits per heavy atom. The van der Waals surface area contributed by atoms with E-state index < -0.39 is 0 Å². The van der Waals surface area contributed by atoms with Gasteiger partial charge in [-0.15, -0.1) is 0 Å². The van der Waals surface area contributed by atoms with Crippen LogP contribution in [0, 0.1) is 0 Å². The summed E-state index contributed by atoms with van der Waals surface area (Å²) in [5, 5.41) is 4.05. The van der Waals surface area contributed by atoms with Crippen molar-refractivity contribution in [2.45, 2.75) is 71.8 Å². The number of aryl methyl sites for hydroxylation is 1. The van der Waals surface area contributed by atoms with Crippen LogP contribution in [0.2, 0.25) is 5.15 Å². The van der Waals surface area contributed by atoms with Gasteiger partial charge < -0.3 is 5.32 Å². The monoisotopic (exact) mass is 283 g/mol. The summed E-state index contributed by atoms with van der Waals surface area (Å²) in [7, 11) is 0. The number of halogens is 1. The molecule has 0 saturated carbocycles. The van der Waals surface area contributed by atoms with E-state index in [0.29, 0.717) is 11.2 Å². The third kappa shape index (κ3) is 6.24. The second-order valence-corrected chi connectivity index (χ2v) is 5.40. The average molecular weight is 284 g/mol. The van der Waals surface area contributed by atoms with Crippen LogP contribution in [-0.4, -0.2) is 16.0 Å². The van der Waals surface area contributed by atoms with Gasteiger partial charge in [0.1, 0.15) is 16.8 Å². The number of nitrogens with zero attached hydrogens (tertiary/aromatic N) is 2. The van der Waals surface area contributed by atoms with Gasteiger partial charge in [-0.1, -0.05) is 51.6 Å². The molecule has 1 aromatic heterocycles. The molecule has 0 bridgehead atoms. The molecule has 0 aliphatic heterocycles. The van der Waals surface area contributed by atoms with E-state index in [1.165, 1.54) is 32.1 Å². The first-order valence-corrected chi connectivity index (χ1v) is 7.87. The van der Waals surface area contributed by atoms with E-state index in [0.717, 1.165) is 24.5 Å². The van der Waals surface area contributed by atoms with E-state index >= 15 is 0 Å². The van der Waals surface area contributed by atoms with Gasteiger partial charge in [0.05, 0.1) is 0 Å². The van der Waals surface area contributed by atoms with Crippen LogP contribution in [0.4, 0.5) is 5.82 Å². The zero-order valence-electron chi connectivity index (χ0n) is 12.4. The lowest BCUT2D eigenvalue weighted by molar-refractivity contribution is 0.562. The van der Waals surface area contributed by atoms with Gasteiger partial charge in [0, 0.05) is 18.5 Å². The number of unbranched alkanes of at least 4 members (excludes halogenated alkanes) is 1. The lowest BCUT2D eigenvalue weighted by atomic mass is 10.1. The van der Waals surface area contributed by atoms with Crippen LogP contribution in [0.5, 0.6) is 0 Å². The van der Waals surface area contributed by atoms with Crippen molar-refractivity contribution < 1.29 is 0 Å². The topological polar surface area (TPSA) is 37.8 Å². The van der Waals surface area contributed by atoms with E-state index in [-0.39, 0.29) is 0 Å². The van der Waals surface area contributed by atoms with Crippen molar-refractivity contribution in [3.05, 3.63) is 17.0 Å². The molecule has 19 heavy (non-hydrogen) atoms. The standard InChI is InChI=1S/C15H26ClN3/c1-4-7-10-12(8-5-2)17-15-11-13(16)18-14(19-15)9-6-3/h11-12H,4-10H2,1-3H3,(H,17,18,19). The van der Waals surface area contributed by atoms with Gasteiger partial charge in [-0.3, -0.25) is 0 Å². The fourth-order valence-corrected chi connectivity index (χ4v) is 2.37. The zero-order chi connectivity index (χ0) is 14.1. The Hall–Kier alpha value is -0.830. The molecule has 1 unspecified atom stereocenters. The Morgan fingerprint density at radius 1 is 1.11 bits per heavy atom. The highest BCUT2D eigenvalue weighted by molar-refractivity contribution is 6.29. The minimum absolute atomic E-state index is 0.491. The van der Waals surface area contributed by atoms with Crippen LogP contribution in [0.25, 0.3) is 0 Å². The van der Waals surface area contributed by atoms with E-state index in [2.05, 4.69) is 36.1 Å². The Kier molecular flexibility index (Phi) is 7.80. The van der Waals surface area contributed by atoms with E-state index in [1.807, 2.05) is 6.07 Å². The van der Waals surface area contributed by atoms with Gasteiger partial charge in [0.15, 0.2) is 0 Å². The van der Waals surface area contributed by atoms with E-state index in [1.54, 1.807) is 0 Å². The van der Waals surface area contributed by atoms with Gasteiger partial charge in [-0.2, -0.15) is 0 Å². The number of hydrogen-bond donors (Lipinski definition) is 1. The predicted octanol–water partition coefficient (Wildman–Crippen LogP) is 4.85. The first-order valence-electron chi connectivity index (χ1n) is 7.49. The molecule has 0 spiro atoms. The molecule has 1 rings (SSSR count). The Labute approximate surface area is 122 Å². The molecule has 0 saturated heterocycles. The van der Waals surface area contributed by atoms with Crippen LogP contribution in [0.15, 0.2) is 6.07 Å². The molecule has 1 atom stereocenters. The first kappa shape index (κ1) is 16.2. The van der Waals surface area contributed by atoms with E-state index in [9.17, 15) is 0 Å². The fraction of sp³-hybridized carbons (Fsp3) is 0.733. The van der Waals surface area contributed by atoms with Crippen LogP contribution in [0.1, 0.15) is 65.1 Å². The molecule has 0 aromatic carbocycles. The van der Waals surface area contributed by atoms with Gasteiger partial charge >= 0.3 is 0 Å². The molecule has 1 aromatic rings. The summed E-state index contributed by atoms with van der Waals surface area (Å²) < 4.78 is 0. The second-order valence-electron chi connectivity index (χ2n) is 5.01. The first-order chi connectivity index (χ1) is 9.19. The van der Waals surface area contributed by atoms with Gasteiger partial charge in [-0.25, -0.2) is 9.97 Å². The number of nitrogens with one attached hydrogen (secondary N) is 1. The summed E-state index contributed by atoms with van der Waals surface area (Å²) in [5.41, 5.74) is 0. The van der Waals surface area contributed by atoms with Crippen LogP contribution in [-0.2, 0) is 6.42 Å². The van der Waals surface area contributed by atoms with E-state index in [4.69, 9.17) is 11.6 Å². The molecule has 0 radical (unpaired) electrons. The molecule has 4 heteroatoms. The van der Waals surface area contributed by atoms with Crippen molar-refractivity contribution in [1.29, 1.82) is 0 Å². The van der Waals surface area contributed by atoms with Crippen molar-refractivity contribution >= 4 is 17.4 Å². The van der Waals surface area contributed by atoms with Crippen molar-refractivity contribution in [3.63, 3.8) is 0 Å². The van der Waals surface area contributed by atoms with Gasteiger partial charge in [0.25, 0.3) is 0 Å². The van der Waals surface area contributed by atoms with Crippen molar-refractivity contribution in [3.8, 4) is 0 Å². The van der Waals surface area contributed by atoms with Crippen molar-refractivity contribution in [2.75, 3.05) is 5.32 Å². The molecule has 0 amide bonds. The summed E-state index contributed by atoms with van der Waals surface area (Å²) in [5.74, 6) is 1.71. The summed E-state index contributed by atoms with van der Waals surface area (Å²) >= 11 is 6.06. The van der Waals surface area contributed by atoms with Gasteiger partial charge in [0.2, 0.25) is 0 Å². The normalized spacial score (nSPS) is 12.4. The largest absolute Gasteiger partial charge is 0.367 e. The highest BCUT2D eigenvalue weighted by Crippen LogP contribution is 2.17. The Bertz CT molecular complexity index is 368. The summed E-state index contributed by atoms with van der Waals surface area (Å²) in [6.45, 7) is 6.57. The molecule has 0 aliphatic carbocycles. The number of anilines is 1. The quantitative estimate of drug-likeness (QED) is 0.658. The van der Waals surface area contributed by atoms with Crippen molar-refractivity contribution in [1.82, 2.24) is 9.97 Å². The lowest BCUT2D eigenvalue weighted by Crippen LogP contribution is -2.20. The average Bonchev–Trinajstić information content (AvgIpc) is 2.36. The maximum atomic E-state index is 6.06. The molecule has 0 aliphatic rings. The molecular formula is C15H26ClN3. The molecule has 3 nitrogen and oxygen atoms in total. The lowest BCUT2D eigenvalue weighted by Gasteiger charge is -2.19. The summed E-state index contributed by atoms with van der Waals surface area (Å²) in [6, 6.07) is 2.32. The maximum absolute atomic E-state index is 6.06. The smallest absolute Gasteiger partial charge is 0.134 e. The zero-order valence-corrected chi connectivity index (χ0v) is 13.1. The molecule has 1 N–H and O–H groups in total. The maximum Gasteiger partial charge on any atom is 0.134 e. The third-order valence-corrected chi connectivity index (χ3v) is 3.30. The SMILES string of the molecule is CCCCC(CCC)Nc1cc(Cl)nc(CCC)n1. The molecule has 0 fully saturated rings. The summed E-state index contributed by atoms with van der Waals surface area (Å²) in [4.78, 5) is 8.80. The highest BCUT2D eigenvalue weighted by Gasteiger charge is 2.09. The number of rotatable bonds is 9. The molecule has 108 valence electrons. The fourth-order valence-electron chi connectivity index (χ4n) is 2.17. The number of hydrogen-bond acceptors (Lipinski definition) is 3. The second kappa shape index (κ2) is 9.13. The van der Waals surface area contributed by atoms with Crippen LogP contribution in [0.3, 0.4) is 0 Å². The van der Waals surface area contributed by atoms with Crippen LogP contribution >= 0.6 is 11.6 Å². The minimum Gasteiger partial charge on any atom is -0.367 e. The summed E-state index contributed by atoms with van der Waals surface area (Å²) in [6.07, 6.45) is 7.93. The predicted molar refractivity (Wildman–Crippen MR) is 82.9 cm³/mol. The minimum atomic E-state index is 0.491. The molecular weight excluding hydrogens is 258 g/mol. The van der Waals surface area contributed by atoms with Crippen LogP contribution < -0.4 is 5.32 Å². The molecule has 1 heterocycles. The van der Waals surface area contributed by atoms with Gasteiger partial charge in [-0.05, 0) is 19.3 Å². The Morgan fingerprint density at radius 2 is 1.89 bits per heavy atom. The van der Waals surface area contributed by atoms with Crippen molar-refractivity contribution in [2.24, 2.45) is 0 Å².